The van der Waals surface area contributed by atoms with E-state index in [1.54, 1.807) is 38.1 Å². The van der Waals surface area contributed by atoms with E-state index in [9.17, 15) is 14.5 Å². The number of aromatic nitrogens is 1. The first kappa shape index (κ1) is 19.9. The maximum atomic E-state index is 12.8. The number of hydrazone groups is 1. The SMILES string of the molecule is CC1=NN(c2ccccc2)C(=O)C1=Cc1c(COP(=O)(O)O)cnc(C)c1O. The molecule has 0 bridgehead atoms. The number of aromatic hydroxyl groups is 1. The van der Waals surface area contributed by atoms with Gasteiger partial charge in [-0.1, -0.05) is 18.2 Å². The Morgan fingerprint density at radius 2 is 1.89 bits per heavy atom. The number of carbonyl (C=O) groups excluding carboxylic acids is 1. The zero-order chi connectivity index (χ0) is 20.5. The molecule has 146 valence electrons. The highest BCUT2D eigenvalue weighted by Crippen LogP contribution is 2.38. The van der Waals surface area contributed by atoms with Gasteiger partial charge in [0.2, 0.25) is 0 Å². The van der Waals surface area contributed by atoms with Crippen molar-refractivity contribution in [3.63, 3.8) is 0 Å². The third-order valence-corrected chi connectivity index (χ3v) is 4.56. The molecule has 0 radical (unpaired) electrons. The highest BCUT2D eigenvalue weighted by Gasteiger charge is 2.29. The van der Waals surface area contributed by atoms with Gasteiger partial charge in [-0.2, -0.15) is 10.1 Å². The molecule has 1 amide bonds. The lowest BCUT2D eigenvalue weighted by molar-refractivity contribution is -0.114. The minimum atomic E-state index is -4.72. The van der Waals surface area contributed by atoms with Gasteiger partial charge in [0.05, 0.1) is 29.3 Å². The monoisotopic (exact) mass is 403 g/mol. The maximum Gasteiger partial charge on any atom is 0.469 e. The lowest BCUT2D eigenvalue weighted by Crippen LogP contribution is -2.21. The molecule has 0 saturated carbocycles. The van der Waals surface area contributed by atoms with Gasteiger partial charge in [0.25, 0.3) is 5.91 Å². The number of para-hydroxylation sites is 1. The number of amides is 1. The molecule has 2 heterocycles. The second kappa shape index (κ2) is 7.65. The molecule has 0 spiro atoms. The van der Waals surface area contributed by atoms with E-state index >= 15 is 0 Å². The first-order chi connectivity index (χ1) is 13.2. The minimum Gasteiger partial charge on any atom is -0.505 e. The fourth-order valence-electron chi connectivity index (χ4n) is 2.65. The number of carbonyl (C=O) groups is 1. The van der Waals surface area contributed by atoms with Crippen LogP contribution in [0.2, 0.25) is 0 Å². The number of pyridine rings is 1. The van der Waals surface area contributed by atoms with Crippen LogP contribution in [0.1, 0.15) is 23.7 Å². The Hall–Kier alpha value is -2.84. The lowest BCUT2D eigenvalue weighted by atomic mass is 10.0. The van der Waals surface area contributed by atoms with Crippen LogP contribution in [0.25, 0.3) is 6.08 Å². The summed E-state index contributed by atoms with van der Waals surface area (Å²) >= 11 is 0. The number of hydrogen-bond donors (Lipinski definition) is 3. The van der Waals surface area contributed by atoms with Gasteiger partial charge in [0.1, 0.15) is 5.75 Å². The number of phosphoric acid groups is 1. The van der Waals surface area contributed by atoms with E-state index in [1.807, 2.05) is 6.07 Å². The van der Waals surface area contributed by atoms with Crippen molar-refractivity contribution < 1.29 is 28.8 Å². The van der Waals surface area contributed by atoms with E-state index in [0.717, 1.165) is 0 Å². The first-order valence-corrected chi connectivity index (χ1v) is 9.74. The Bertz CT molecular complexity index is 1030. The molecule has 10 heteroatoms. The van der Waals surface area contributed by atoms with Crippen molar-refractivity contribution in [3.8, 4) is 5.75 Å². The van der Waals surface area contributed by atoms with Crippen LogP contribution in [0.15, 0.2) is 47.2 Å². The molecule has 1 aromatic carbocycles. The summed E-state index contributed by atoms with van der Waals surface area (Å²) in [4.78, 5) is 34.7. The van der Waals surface area contributed by atoms with Gasteiger partial charge in [-0.05, 0) is 32.1 Å². The Morgan fingerprint density at radius 1 is 1.21 bits per heavy atom. The first-order valence-electron chi connectivity index (χ1n) is 8.21. The predicted molar refractivity (Wildman–Crippen MR) is 102 cm³/mol. The van der Waals surface area contributed by atoms with Gasteiger partial charge in [0.15, 0.2) is 0 Å². The summed E-state index contributed by atoms with van der Waals surface area (Å²) in [6.45, 7) is 2.74. The fourth-order valence-corrected chi connectivity index (χ4v) is 2.96. The normalized spacial score (nSPS) is 16.0. The largest absolute Gasteiger partial charge is 0.505 e. The molecule has 3 rings (SSSR count). The quantitative estimate of drug-likeness (QED) is 0.516. The minimum absolute atomic E-state index is 0.189. The third kappa shape index (κ3) is 4.18. The van der Waals surface area contributed by atoms with E-state index < -0.39 is 14.4 Å². The standard InChI is InChI=1S/C18H18N3O6P/c1-11-15(18(23)21(20-11)14-6-4-3-5-7-14)8-16-13(10-27-28(24,25)26)9-19-12(2)17(16)22/h3-9,22H,10H2,1-2H3,(H2,24,25,26). The van der Waals surface area contributed by atoms with Gasteiger partial charge < -0.3 is 14.9 Å². The van der Waals surface area contributed by atoms with E-state index in [4.69, 9.17) is 9.79 Å². The van der Waals surface area contributed by atoms with E-state index in [2.05, 4.69) is 14.6 Å². The van der Waals surface area contributed by atoms with E-state index in [0.29, 0.717) is 17.1 Å². The number of rotatable bonds is 5. The predicted octanol–water partition coefficient (Wildman–Crippen LogP) is 2.51. The van der Waals surface area contributed by atoms with E-state index in [-0.39, 0.29) is 28.4 Å². The van der Waals surface area contributed by atoms with Gasteiger partial charge in [-0.15, -0.1) is 0 Å². The highest BCUT2D eigenvalue weighted by molar-refractivity contribution is 7.46. The molecule has 3 N–H and O–H groups in total. The summed E-state index contributed by atoms with van der Waals surface area (Å²) in [5, 5.41) is 15.9. The van der Waals surface area contributed by atoms with Crippen molar-refractivity contribution in [3.05, 3.63) is 58.9 Å². The highest BCUT2D eigenvalue weighted by atomic mass is 31.2. The molecule has 1 aliphatic heterocycles. The van der Waals surface area contributed by atoms with Crippen LogP contribution in [-0.2, 0) is 20.5 Å². The zero-order valence-electron chi connectivity index (χ0n) is 15.1. The summed E-state index contributed by atoms with van der Waals surface area (Å²) in [6, 6.07) is 8.87. The number of anilines is 1. The van der Waals surface area contributed by atoms with E-state index in [1.165, 1.54) is 17.3 Å². The van der Waals surface area contributed by atoms with Crippen LogP contribution in [-0.4, -0.2) is 31.5 Å². The van der Waals surface area contributed by atoms with Crippen molar-refractivity contribution >= 4 is 31.2 Å². The zero-order valence-corrected chi connectivity index (χ0v) is 16.0. The molecular formula is C18H18N3O6P. The van der Waals surface area contributed by atoms with Crippen LogP contribution >= 0.6 is 7.82 Å². The Labute approximate surface area is 160 Å². The van der Waals surface area contributed by atoms with Gasteiger partial charge in [-0.3, -0.25) is 14.3 Å². The molecule has 28 heavy (non-hydrogen) atoms. The number of phosphoric ester groups is 1. The second-order valence-electron chi connectivity index (χ2n) is 6.09. The van der Waals surface area contributed by atoms with Crippen LogP contribution in [0, 0.1) is 6.92 Å². The van der Waals surface area contributed by atoms with Crippen LogP contribution < -0.4 is 5.01 Å². The number of nitrogens with zero attached hydrogens (tertiary/aromatic N) is 3. The number of hydrogen-bond acceptors (Lipinski definition) is 6. The number of aryl methyl sites for hydroxylation is 1. The molecule has 9 nitrogen and oxygen atoms in total. The molecule has 2 aromatic rings. The van der Waals surface area contributed by atoms with Crippen molar-refractivity contribution in [2.75, 3.05) is 5.01 Å². The lowest BCUT2D eigenvalue weighted by Gasteiger charge is -2.13. The molecule has 0 aliphatic carbocycles. The Kier molecular flexibility index (Phi) is 5.44. The summed E-state index contributed by atoms with van der Waals surface area (Å²) < 4.78 is 15.5. The topological polar surface area (TPSA) is 133 Å². The number of benzene rings is 1. The summed E-state index contributed by atoms with van der Waals surface area (Å²) in [7, 11) is -4.72. The van der Waals surface area contributed by atoms with Crippen molar-refractivity contribution in [1.29, 1.82) is 0 Å². The van der Waals surface area contributed by atoms with Gasteiger partial charge in [-0.25, -0.2) is 4.57 Å². The fraction of sp³-hybridized carbons (Fsp3) is 0.167. The average Bonchev–Trinajstić information content (AvgIpc) is 2.93. The summed E-state index contributed by atoms with van der Waals surface area (Å²) in [5.74, 6) is -0.600. The molecule has 1 aliphatic rings. The van der Waals surface area contributed by atoms with Crippen LogP contribution in [0.4, 0.5) is 5.69 Å². The van der Waals surface area contributed by atoms with Crippen molar-refractivity contribution in [2.24, 2.45) is 5.10 Å². The van der Waals surface area contributed by atoms with Crippen molar-refractivity contribution in [2.45, 2.75) is 20.5 Å². The third-order valence-electron chi connectivity index (χ3n) is 4.10. The average molecular weight is 403 g/mol. The molecule has 0 unspecified atom stereocenters. The maximum absolute atomic E-state index is 12.8. The second-order valence-corrected chi connectivity index (χ2v) is 7.33. The Balaban J connectivity index is 2.01. The smallest absolute Gasteiger partial charge is 0.469 e. The van der Waals surface area contributed by atoms with Crippen molar-refractivity contribution in [1.82, 2.24) is 4.98 Å². The molecule has 0 atom stereocenters. The van der Waals surface area contributed by atoms with Gasteiger partial charge >= 0.3 is 7.82 Å². The Morgan fingerprint density at radius 3 is 2.54 bits per heavy atom. The van der Waals surface area contributed by atoms with Crippen LogP contribution in [0.3, 0.4) is 0 Å². The van der Waals surface area contributed by atoms with Gasteiger partial charge in [0, 0.05) is 17.3 Å². The molecule has 0 fully saturated rings. The molecular weight excluding hydrogens is 385 g/mol. The van der Waals surface area contributed by atoms with Crippen LogP contribution in [0.5, 0.6) is 5.75 Å². The molecule has 0 saturated heterocycles. The summed E-state index contributed by atoms with van der Waals surface area (Å²) in [5.41, 5.74) is 1.97. The molecule has 1 aromatic heterocycles. The summed E-state index contributed by atoms with van der Waals surface area (Å²) in [6.07, 6.45) is 2.75.